The first-order valence-corrected chi connectivity index (χ1v) is 11.4. The van der Waals surface area contributed by atoms with Crippen LogP contribution in [0.3, 0.4) is 0 Å². The van der Waals surface area contributed by atoms with E-state index in [4.69, 9.17) is 0 Å². The molecule has 1 aromatic heterocycles. The van der Waals surface area contributed by atoms with Crippen LogP contribution in [0.4, 0.5) is 0 Å². The van der Waals surface area contributed by atoms with E-state index < -0.39 is 0 Å². The van der Waals surface area contributed by atoms with Crippen molar-refractivity contribution in [2.24, 2.45) is 5.10 Å². The predicted octanol–water partition coefficient (Wildman–Crippen LogP) is 5.85. The van der Waals surface area contributed by atoms with Crippen molar-refractivity contribution >= 4 is 79.1 Å². The van der Waals surface area contributed by atoms with Crippen LogP contribution in [0.15, 0.2) is 65.8 Å². The number of hydrogen-bond acceptors (Lipinski definition) is 2. The molecule has 4 nitrogen and oxygen atoms in total. The molecule has 4 rings (SSSR count). The molecule has 3 aromatic carbocycles. The lowest BCUT2D eigenvalue weighted by atomic mass is 10.2. The minimum atomic E-state index is -0.0978. The van der Waals surface area contributed by atoms with E-state index in [1.165, 1.54) is 23.5 Å². The maximum atomic E-state index is 12.3. The predicted molar refractivity (Wildman–Crippen MR) is 136 cm³/mol. The molecule has 0 saturated heterocycles. The minimum absolute atomic E-state index is 0.0978. The molecule has 0 radical (unpaired) electrons. The van der Waals surface area contributed by atoms with E-state index in [2.05, 4.69) is 96.7 Å². The number of fused-ring (bicyclic) bond motifs is 3. The van der Waals surface area contributed by atoms with Crippen LogP contribution in [0.1, 0.15) is 17.5 Å². The van der Waals surface area contributed by atoms with E-state index in [0.29, 0.717) is 13.0 Å². The van der Waals surface area contributed by atoms with Crippen LogP contribution in [0.5, 0.6) is 0 Å². The molecule has 0 aliphatic rings. The van der Waals surface area contributed by atoms with Crippen molar-refractivity contribution in [2.75, 3.05) is 0 Å². The summed E-state index contributed by atoms with van der Waals surface area (Å²) in [6.45, 7) is 2.65. The molecule has 1 heterocycles. The van der Waals surface area contributed by atoms with Crippen molar-refractivity contribution in [2.45, 2.75) is 19.9 Å². The molecule has 0 unspecified atom stereocenters. The van der Waals surface area contributed by atoms with Crippen LogP contribution in [0, 0.1) is 14.1 Å². The maximum absolute atomic E-state index is 12.3. The third-order valence-corrected chi connectivity index (χ3v) is 6.17. The number of carbonyl (C=O) groups excluding carboxylic acids is 1. The van der Waals surface area contributed by atoms with Gasteiger partial charge in [-0.2, -0.15) is 5.10 Å². The third-order valence-electron chi connectivity index (χ3n) is 4.83. The summed E-state index contributed by atoms with van der Waals surface area (Å²) in [4.78, 5) is 12.3. The molecule has 0 spiro atoms. The van der Waals surface area contributed by atoms with E-state index >= 15 is 0 Å². The number of aryl methyl sites for hydroxylation is 2. The van der Waals surface area contributed by atoms with Crippen LogP contribution in [-0.4, -0.2) is 16.7 Å². The third kappa shape index (κ3) is 4.63. The fraction of sp³-hybridized carbons (Fsp3) is 0.130. The van der Waals surface area contributed by atoms with Crippen molar-refractivity contribution in [1.29, 1.82) is 0 Å². The van der Waals surface area contributed by atoms with Crippen LogP contribution in [0.2, 0.25) is 0 Å². The molecule has 0 aliphatic carbocycles. The Hall–Kier alpha value is -1.94. The second-order valence-electron chi connectivity index (χ2n) is 6.93. The number of rotatable bonds is 5. The number of amides is 1. The molecule has 0 fully saturated rings. The van der Waals surface area contributed by atoms with E-state index in [0.717, 1.165) is 16.6 Å². The van der Waals surface area contributed by atoms with Gasteiger partial charge in [-0.1, -0.05) is 29.8 Å². The number of benzene rings is 3. The van der Waals surface area contributed by atoms with Crippen LogP contribution < -0.4 is 5.43 Å². The summed E-state index contributed by atoms with van der Waals surface area (Å²) in [6.07, 6.45) is 2.03. The van der Waals surface area contributed by atoms with Gasteiger partial charge in [-0.05, 0) is 94.1 Å². The molecular formula is C23H19I2N3O. The van der Waals surface area contributed by atoms with E-state index in [1.54, 1.807) is 6.21 Å². The summed E-state index contributed by atoms with van der Waals surface area (Å²) < 4.78 is 4.63. The second-order valence-corrected chi connectivity index (χ2v) is 9.42. The molecule has 0 bridgehead atoms. The highest BCUT2D eigenvalue weighted by Crippen LogP contribution is 2.31. The van der Waals surface area contributed by atoms with Gasteiger partial charge in [0.15, 0.2) is 0 Å². The Morgan fingerprint density at radius 1 is 0.966 bits per heavy atom. The molecule has 29 heavy (non-hydrogen) atoms. The molecule has 0 saturated carbocycles. The minimum Gasteiger partial charge on any atom is -0.340 e. The zero-order chi connectivity index (χ0) is 20.4. The lowest BCUT2D eigenvalue weighted by molar-refractivity contribution is -0.121. The summed E-state index contributed by atoms with van der Waals surface area (Å²) in [5.74, 6) is -0.0978. The van der Waals surface area contributed by atoms with Gasteiger partial charge >= 0.3 is 0 Å². The first-order valence-electron chi connectivity index (χ1n) is 9.27. The molecule has 4 aromatic rings. The highest BCUT2D eigenvalue weighted by Gasteiger charge is 2.12. The first kappa shape index (κ1) is 20.3. The first-order chi connectivity index (χ1) is 14.0. The van der Waals surface area contributed by atoms with Gasteiger partial charge in [-0.3, -0.25) is 4.79 Å². The van der Waals surface area contributed by atoms with E-state index in [9.17, 15) is 4.79 Å². The Morgan fingerprint density at radius 2 is 1.55 bits per heavy atom. The Kier molecular flexibility index (Phi) is 6.19. The molecule has 0 atom stereocenters. The van der Waals surface area contributed by atoms with E-state index in [-0.39, 0.29) is 5.91 Å². The van der Waals surface area contributed by atoms with Crippen molar-refractivity contribution in [3.8, 4) is 0 Å². The zero-order valence-electron chi connectivity index (χ0n) is 15.8. The number of nitrogens with zero attached hydrogens (tertiary/aromatic N) is 2. The Bertz CT molecular complexity index is 1170. The average Bonchev–Trinajstić information content (AvgIpc) is 3.00. The summed E-state index contributed by atoms with van der Waals surface area (Å²) >= 11 is 4.68. The topological polar surface area (TPSA) is 46.4 Å². The Morgan fingerprint density at radius 3 is 2.14 bits per heavy atom. The summed E-state index contributed by atoms with van der Waals surface area (Å²) in [7, 11) is 0. The molecule has 1 amide bonds. The van der Waals surface area contributed by atoms with Crippen LogP contribution in [-0.2, 0) is 11.3 Å². The monoisotopic (exact) mass is 607 g/mol. The van der Waals surface area contributed by atoms with Crippen molar-refractivity contribution in [3.05, 3.63) is 78.9 Å². The Labute approximate surface area is 196 Å². The molecule has 146 valence electrons. The number of hydrogen-bond donors (Lipinski definition) is 1. The van der Waals surface area contributed by atoms with Gasteiger partial charge in [0.25, 0.3) is 0 Å². The Balaban J connectivity index is 1.51. The lowest BCUT2D eigenvalue weighted by Crippen LogP contribution is -2.19. The normalized spacial score (nSPS) is 11.6. The number of carbonyl (C=O) groups is 1. The molecule has 0 aliphatic heterocycles. The van der Waals surface area contributed by atoms with Crippen molar-refractivity contribution in [3.63, 3.8) is 0 Å². The maximum Gasteiger partial charge on any atom is 0.241 e. The highest BCUT2D eigenvalue weighted by molar-refractivity contribution is 14.1. The van der Waals surface area contributed by atoms with Gasteiger partial charge in [0.05, 0.1) is 6.21 Å². The van der Waals surface area contributed by atoms with E-state index in [1.807, 2.05) is 31.2 Å². The van der Waals surface area contributed by atoms with Gasteiger partial charge in [0, 0.05) is 41.9 Å². The highest BCUT2D eigenvalue weighted by atomic mass is 127. The fourth-order valence-corrected chi connectivity index (χ4v) is 4.37. The number of halogens is 2. The molecule has 6 heteroatoms. The summed E-state index contributed by atoms with van der Waals surface area (Å²) in [5.41, 5.74) is 7.10. The van der Waals surface area contributed by atoms with Crippen LogP contribution >= 0.6 is 45.2 Å². The van der Waals surface area contributed by atoms with Gasteiger partial charge in [-0.15, -0.1) is 0 Å². The SMILES string of the molecule is Cc1ccc(C=NNC(=O)CCn2c3ccc(I)cc3c3cc(I)ccc32)cc1. The smallest absolute Gasteiger partial charge is 0.241 e. The molecule has 1 N–H and O–H groups in total. The van der Waals surface area contributed by atoms with Gasteiger partial charge in [0.1, 0.15) is 0 Å². The number of aromatic nitrogens is 1. The summed E-state index contributed by atoms with van der Waals surface area (Å²) in [6, 6.07) is 20.9. The standard InChI is InChI=1S/C23H19I2N3O/c1-15-2-4-16(5-3-15)14-26-27-23(29)10-11-28-21-8-6-17(24)12-19(21)20-13-18(25)7-9-22(20)28/h2-9,12-14H,10-11H2,1H3,(H,27,29). The van der Waals surface area contributed by atoms with Gasteiger partial charge in [-0.25, -0.2) is 5.43 Å². The van der Waals surface area contributed by atoms with Crippen molar-refractivity contribution < 1.29 is 4.79 Å². The van der Waals surface area contributed by atoms with Gasteiger partial charge in [0.2, 0.25) is 5.91 Å². The quantitative estimate of drug-likeness (QED) is 0.173. The van der Waals surface area contributed by atoms with Crippen LogP contribution in [0.25, 0.3) is 21.8 Å². The fourth-order valence-electron chi connectivity index (χ4n) is 3.39. The van der Waals surface area contributed by atoms with Gasteiger partial charge < -0.3 is 4.57 Å². The number of hydrazone groups is 1. The summed E-state index contributed by atoms with van der Waals surface area (Å²) in [5, 5.41) is 6.53. The molecular weight excluding hydrogens is 588 g/mol. The zero-order valence-corrected chi connectivity index (χ0v) is 20.1. The van der Waals surface area contributed by atoms with Crippen molar-refractivity contribution in [1.82, 2.24) is 9.99 Å². The average molecular weight is 607 g/mol. The second kappa shape index (κ2) is 8.83. The number of nitrogens with one attached hydrogen (secondary N) is 1. The largest absolute Gasteiger partial charge is 0.340 e. The lowest BCUT2D eigenvalue weighted by Gasteiger charge is -2.07.